The van der Waals surface area contributed by atoms with E-state index < -0.39 is 0 Å². The van der Waals surface area contributed by atoms with Gasteiger partial charge in [0.2, 0.25) is 5.95 Å². The van der Waals surface area contributed by atoms with Gasteiger partial charge in [0.15, 0.2) is 0 Å². The standard InChI is InChI=1S/C27H37N5O2/c1-17-21(15-23(34-17)27(2,3)4)25(33)28-16-18-11-13-19(14-12-18)29-26-30-22-10-8-7-9-20(22)24(31-26)32(5)6/h7-10,15,18-19H,11-14,16H2,1-6H3,(H,28,33)(H,29,30,31). The summed E-state index contributed by atoms with van der Waals surface area (Å²) in [6.45, 7) is 8.81. The third-order valence-corrected chi connectivity index (χ3v) is 6.64. The fraction of sp³-hybridized carbons (Fsp3) is 0.519. The summed E-state index contributed by atoms with van der Waals surface area (Å²) in [6, 6.07) is 10.3. The maximum atomic E-state index is 12.7. The van der Waals surface area contributed by atoms with Crippen LogP contribution >= 0.6 is 0 Å². The Morgan fingerprint density at radius 3 is 2.47 bits per heavy atom. The molecule has 7 heteroatoms. The Labute approximate surface area is 202 Å². The zero-order valence-corrected chi connectivity index (χ0v) is 21.2. The Morgan fingerprint density at radius 2 is 1.82 bits per heavy atom. The van der Waals surface area contributed by atoms with Crippen LogP contribution in [0.4, 0.5) is 11.8 Å². The highest BCUT2D eigenvalue weighted by Crippen LogP contribution is 2.29. The van der Waals surface area contributed by atoms with E-state index in [1.54, 1.807) is 0 Å². The number of carbonyl (C=O) groups is 1. The minimum absolute atomic E-state index is 0.0437. The predicted octanol–water partition coefficient (Wildman–Crippen LogP) is 5.30. The molecule has 1 fully saturated rings. The summed E-state index contributed by atoms with van der Waals surface area (Å²) < 4.78 is 5.83. The highest BCUT2D eigenvalue weighted by Gasteiger charge is 2.25. The summed E-state index contributed by atoms with van der Waals surface area (Å²) >= 11 is 0. The molecule has 34 heavy (non-hydrogen) atoms. The number of aromatic nitrogens is 2. The number of nitrogens with zero attached hydrogens (tertiary/aromatic N) is 3. The molecular weight excluding hydrogens is 426 g/mol. The smallest absolute Gasteiger partial charge is 0.254 e. The van der Waals surface area contributed by atoms with Gasteiger partial charge < -0.3 is 20.0 Å². The van der Waals surface area contributed by atoms with Crippen LogP contribution in [0.3, 0.4) is 0 Å². The van der Waals surface area contributed by atoms with Crippen molar-refractivity contribution in [3.8, 4) is 0 Å². The van der Waals surface area contributed by atoms with Crippen LogP contribution in [0.5, 0.6) is 0 Å². The van der Waals surface area contributed by atoms with E-state index in [4.69, 9.17) is 14.4 Å². The maximum absolute atomic E-state index is 12.7. The molecule has 0 saturated heterocycles. The van der Waals surface area contributed by atoms with E-state index in [9.17, 15) is 4.79 Å². The van der Waals surface area contributed by atoms with Crippen molar-refractivity contribution in [2.24, 2.45) is 5.92 Å². The van der Waals surface area contributed by atoms with Crippen LogP contribution in [-0.4, -0.2) is 42.6 Å². The summed E-state index contributed by atoms with van der Waals surface area (Å²) in [5.41, 5.74) is 1.48. The van der Waals surface area contributed by atoms with E-state index in [1.165, 1.54) is 0 Å². The highest BCUT2D eigenvalue weighted by molar-refractivity contribution is 5.95. The minimum Gasteiger partial charge on any atom is -0.465 e. The lowest BCUT2D eigenvalue weighted by Crippen LogP contribution is -2.34. The molecule has 7 nitrogen and oxygen atoms in total. The largest absolute Gasteiger partial charge is 0.465 e. The second-order valence-corrected chi connectivity index (χ2v) is 10.7. The molecule has 0 atom stereocenters. The number of amides is 1. The second kappa shape index (κ2) is 9.65. The molecule has 3 aromatic rings. The van der Waals surface area contributed by atoms with E-state index in [0.717, 1.165) is 48.2 Å². The summed E-state index contributed by atoms with van der Waals surface area (Å²) in [6.07, 6.45) is 4.19. The normalized spacial score (nSPS) is 18.6. The summed E-state index contributed by atoms with van der Waals surface area (Å²) in [4.78, 5) is 24.3. The number of anilines is 2. The molecule has 2 N–H and O–H groups in total. The molecule has 0 bridgehead atoms. The molecule has 2 heterocycles. The summed E-state index contributed by atoms with van der Waals surface area (Å²) in [5, 5.41) is 7.74. The quantitative estimate of drug-likeness (QED) is 0.516. The van der Waals surface area contributed by atoms with Crippen LogP contribution < -0.4 is 15.5 Å². The van der Waals surface area contributed by atoms with E-state index in [1.807, 2.05) is 50.2 Å². The summed E-state index contributed by atoms with van der Waals surface area (Å²) in [7, 11) is 4.01. The molecule has 1 aliphatic carbocycles. The Balaban J connectivity index is 1.31. The maximum Gasteiger partial charge on any atom is 0.254 e. The number of aryl methyl sites for hydroxylation is 1. The Hall–Kier alpha value is -3.09. The van der Waals surface area contributed by atoms with Gasteiger partial charge >= 0.3 is 0 Å². The monoisotopic (exact) mass is 463 g/mol. The fourth-order valence-corrected chi connectivity index (χ4v) is 4.57. The van der Waals surface area contributed by atoms with E-state index in [2.05, 4.69) is 37.5 Å². The Morgan fingerprint density at radius 1 is 1.12 bits per heavy atom. The number of hydrogen-bond donors (Lipinski definition) is 2. The number of carbonyl (C=O) groups excluding carboxylic acids is 1. The van der Waals surface area contributed by atoms with Crippen molar-refractivity contribution in [1.82, 2.24) is 15.3 Å². The van der Waals surface area contributed by atoms with Gasteiger partial charge in [0.1, 0.15) is 17.3 Å². The first-order chi connectivity index (χ1) is 16.1. The van der Waals surface area contributed by atoms with E-state index in [-0.39, 0.29) is 11.3 Å². The number of benzene rings is 1. The Bertz CT molecular complexity index is 1150. The molecular formula is C27H37N5O2. The summed E-state index contributed by atoms with van der Waals surface area (Å²) in [5.74, 6) is 3.57. The SMILES string of the molecule is Cc1oc(C(C)(C)C)cc1C(=O)NCC1CCC(Nc2nc(N(C)C)c3ccccc3n2)CC1. The van der Waals surface area contributed by atoms with Gasteiger partial charge in [0.25, 0.3) is 5.91 Å². The van der Waals surface area contributed by atoms with Crippen molar-refractivity contribution in [1.29, 1.82) is 0 Å². The van der Waals surface area contributed by atoms with Crippen LogP contribution in [-0.2, 0) is 5.41 Å². The molecule has 0 spiro atoms. The lowest BCUT2D eigenvalue weighted by Gasteiger charge is -2.29. The topological polar surface area (TPSA) is 83.3 Å². The fourth-order valence-electron chi connectivity index (χ4n) is 4.57. The van der Waals surface area contributed by atoms with E-state index in [0.29, 0.717) is 35.8 Å². The molecule has 1 saturated carbocycles. The number of nitrogens with one attached hydrogen (secondary N) is 2. The molecule has 0 aliphatic heterocycles. The van der Waals surface area contributed by atoms with Crippen LogP contribution in [0, 0.1) is 12.8 Å². The third-order valence-electron chi connectivity index (χ3n) is 6.64. The van der Waals surface area contributed by atoms with Gasteiger partial charge in [-0.25, -0.2) is 4.98 Å². The third kappa shape index (κ3) is 5.34. The number of fused-ring (bicyclic) bond motifs is 1. The number of hydrogen-bond acceptors (Lipinski definition) is 6. The van der Waals surface area contributed by atoms with Crippen molar-refractivity contribution < 1.29 is 9.21 Å². The average Bonchev–Trinajstić information content (AvgIpc) is 3.20. The molecule has 1 amide bonds. The first-order valence-electron chi connectivity index (χ1n) is 12.2. The van der Waals surface area contributed by atoms with Gasteiger partial charge in [-0.2, -0.15) is 4.98 Å². The van der Waals surface area contributed by atoms with Crippen LogP contribution in [0.1, 0.15) is 68.3 Å². The molecule has 1 aromatic carbocycles. The van der Waals surface area contributed by atoms with Gasteiger partial charge in [-0.1, -0.05) is 32.9 Å². The van der Waals surface area contributed by atoms with Crippen molar-refractivity contribution in [2.45, 2.75) is 64.8 Å². The first-order valence-corrected chi connectivity index (χ1v) is 12.2. The van der Waals surface area contributed by atoms with E-state index >= 15 is 0 Å². The van der Waals surface area contributed by atoms with Crippen molar-refractivity contribution in [2.75, 3.05) is 30.9 Å². The van der Waals surface area contributed by atoms with Crippen molar-refractivity contribution >= 4 is 28.6 Å². The first kappa shape index (κ1) is 24.0. The highest BCUT2D eigenvalue weighted by atomic mass is 16.3. The predicted molar refractivity (Wildman–Crippen MR) is 138 cm³/mol. The van der Waals surface area contributed by atoms with Crippen molar-refractivity contribution in [3.63, 3.8) is 0 Å². The number of furan rings is 1. The lowest BCUT2D eigenvalue weighted by molar-refractivity contribution is 0.0941. The number of para-hydroxylation sites is 1. The van der Waals surface area contributed by atoms with Gasteiger partial charge in [-0.05, 0) is 56.7 Å². The van der Waals surface area contributed by atoms with Crippen molar-refractivity contribution in [3.05, 3.63) is 47.4 Å². The lowest BCUT2D eigenvalue weighted by atomic mass is 9.86. The molecule has 1 aliphatic rings. The molecule has 4 rings (SSSR count). The average molecular weight is 464 g/mol. The van der Waals surface area contributed by atoms with Gasteiger partial charge in [-0.15, -0.1) is 0 Å². The van der Waals surface area contributed by atoms with Crippen LogP contribution in [0.15, 0.2) is 34.7 Å². The van der Waals surface area contributed by atoms with Gasteiger partial charge in [0.05, 0.1) is 11.1 Å². The van der Waals surface area contributed by atoms with Crippen LogP contribution in [0.25, 0.3) is 10.9 Å². The van der Waals surface area contributed by atoms with Gasteiger partial charge in [-0.3, -0.25) is 4.79 Å². The zero-order chi connectivity index (χ0) is 24.5. The number of rotatable bonds is 6. The molecule has 0 unspecified atom stereocenters. The van der Waals surface area contributed by atoms with Crippen LogP contribution in [0.2, 0.25) is 0 Å². The minimum atomic E-state index is -0.114. The molecule has 0 radical (unpaired) electrons. The second-order valence-electron chi connectivity index (χ2n) is 10.7. The Kier molecular flexibility index (Phi) is 6.82. The molecule has 2 aromatic heterocycles. The zero-order valence-electron chi connectivity index (χ0n) is 21.2. The van der Waals surface area contributed by atoms with Gasteiger partial charge in [0, 0.05) is 37.5 Å². The molecule has 182 valence electrons.